The summed E-state index contributed by atoms with van der Waals surface area (Å²) >= 11 is 0. The number of carboxylic acid groups (broad SMARTS) is 1. The summed E-state index contributed by atoms with van der Waals surface area (Å²) in [5, 5.41) is 11.2. The van der Waals surface area contributed by atoms with E-state index < -0.39 is 24.3 Å². The number of carbonyl (C=O) groups excluding carboxylic acids is 1. The molecule has 0 atom stereocenters. The minimum Gasteiger partial charge on any atom is -0.497 e. The van der Waals surface area contributed by atoms with E-state index in [-0.39, 0.29) is 5.75 Å². The van der Waals surface area contributed by atoms with Gasteiger partial charge in [0.15, 0.2) is 6.61 Å². The van der Waals surface area contributed by atoms with Crippen molar-refractivity contribution in [3.63, 3.8) is 0 Å². The van der Waals surface area contributed by atoms with Gasteiger partial charge in [-0.1, -0.05) is 0 Å². The van der Waals surface area contributed by atoms with Gasteiger partial charge in [-0.3, -0.25) is 5.32 Å². The molecule has 0 aliphatic rings. The van der Waals surface area contributed by atoms with Crippen molar-refractivity contribution in [1.29, 1.82) is 0 Å². The molecule has 0 radical (unpaired) electrons. The number of carbonyl (C=O) groups is 2. The first-order chi connectivity index (χ1) is 9.71. The van der Waals surface area contributed by atoms with Crippen molar-refractivity contribution >= 4 is 17.7 Å². The lowest BCUT2D eigenvalue weighted by Gasteiger charge is -2.20. The van der Waals surface area contributed by atoms with Crippen LogP contribution in [-0.4, -0.2) is 36.5 Å². The molecule has 0 fully saturated rings. The standard InChI is InChI=1S/C14H19NO6/c1-14(2,3)21-13(18)15-10-6-5-9(19-4)7-11(10)20-8-12(16)17/h5-7H,8H2,1-4H3,(H,15,18)(H,16,17). The lowest BCUT2D eigenvalue weighted by molar-refractivity contribution is -0.139. The number of hydrogen-bond acceptors (Lipinski definition) is 5. The van der Waals surface area contributed by atoms with Crippen LogP contribution in [0.3, 0.4) is 0 Å². The monoisotopic (exact) mass is 297 g/mol. The van der Waals surface area contributed by atoms with E-state index in [1.54, 1.807) is 32.9 Å². The van der Waals surface area contributed by atoms with E-state index in [4.69, 9.17) is 19.3 Å². The molecule has 2 N–H and O–H groups in total. The van der Waals surface area contributed by atoms with E-state index in [1.807, 2.05) is 0 Å². The van der Waals surface area contributed by atoms with E-state index in [0.717, 1.165) is 0 Å². The molecule has 1 rings (SSSR count). The van der Waals surface area contributed by atoms with Gasteiger partial charge >= 0.3 is 12.1 Å². The Morgan fingerprint density at radius 2 is 1.95 bits per heavy atom. The smallest absolute Gasteiger partial charge is 0.412 e. The van der Waals surface area contributed by atoms with Gasteiger partial charge in [0.25, 0.3) is 0 Å². The minimum absolute atomic E-state index is 0.183. The Labute approximate surface area is 122 Å². The number of methoxy groups -OCH3 is 1. The maximum Gasteiger partial charge on any atom is 0.412 e. The molecule has 1 aromatic rings. The molecule has 7 nitrogen and oxygen atoms in total. The number of anilines is 1. The summed E-state index contributed by atoms with van der Waals surface area (Å²) in [6, 6.07) is 4.63. The average molecular weight is 297 g/mol. The van der Waals surface area contributed by atoms with Crippen molar-refractivity contribution in [3.8, 4) is 11.5 Å². The van der Waals surface area contributed by atoms with Gasteiger partial charge in [0.05, 0.1) is 12.8 Å². The van der Waals surface area contributed by atoms with Crippen molar-refractivity contribution in [2.75, 3.05) is 19.0 Å². The fraction of sp³-hybridized carbons (Fsp3) is 0.429. The molecule has 1 aromatic carbocycles. The van der Waals surface area contributed by atoms with Crippen molar-refractivity contribution in [3.05, 3.63) is 18.2 Å². The van der Waals surface area contributed by atoms with E-state index in [2.05, 4.69) is 5.32 Å². The Morgan fingerprint density at radius 3 is 2.48 bits per heavy atom. The first-order valence-electron chi connectivity index (χ1n) is 6.24. The highest BCUT2D eigenvalue weighted by Crippen LogP contribution is 2.29. The number of benzene rings is 1. The molecule has 21 heavy (non-hydrogen) atoms. The third-order valence-electron chi connectivity index (χ3n) is 2.18. The number of rotatable bonds is 5. The van der Waals surface area contributed by atoms with Crippen molar-refractivity contribution in [2.45, 2.75) is 26.4 Å². The number of carboxylic acids is 1. The Balaban J connectivity index is 2.89. The average Bonchev–Trinajstić information content (AvgIpc) is 2.35. The van der Waals surface area contributed by atoms with E-state index in [1.165, 1.54) is 13.2 Å². The Bertz CT molecular complexity index is 521. The molecule has 7 heteroatoms. The van der Waals surface area contributed by atoms with Crippen LogP contribution in [0.25, 0.3) is 0 Å². The largest absolute Gasteiger partial charge is 0.497 e. The molecule has 0 aromatic heterocycles. The first kappa shape index (κ1) is 16.6. The van der Waals surface area contributed by atoms with Crippen molar-refractivity contribution < 1.29 is 28.9 Å². The number of hydrogen-bond donors (Lipinski definition) is 2. The molecular formula is C14H19NO6. The predicted molar refractivity (Wildman–Crippen MR) is 76.0 cm³/mol. The Kier molecular flexibility index (Phi) is 5.40. The van der Waals surface area contributed by atoms with Crippen LogP contribution in [0.2, 0.25) is 0 Å². The molecule has 0 heterocycles. The topological polar surface area (TPSA) is 94.1 Å². The van der Waals surface area contributed by atoms with Gasteiger partial charge in [0, 0.05) is 6.07 Å². The van der Waals surface area contributed by atoms with Crippen LogP contribution in [0.4, 0.5) is 10.5 Å². The van der Waals surface area contributed by atoms with Crippen molar-refractivity contribution in [1.82, 2.24) is 0 Å². The highest BCUT2D eigenvalue weighted by atomic mass is 16.6. The quantitative estimate of drug-likeness (QED) is 0.867. The predicted octanol–water partition coefficient (Wildman–Crippen LogP) is 2.51. The van der Waals surface area contributed by atoms with Crippen LogP contribution in [0.15, 0.2) is 18.2 Å². The second-order valence-electron chi connectivity index (χ2n) is 5.17. The summed E-state index contributed by atoms with van der Waals surface area (Å²) in [4.78, 5) is 22.3. The molecule has 0 saturated heterocycles. The Hall–Kier alpha value is -2.44. The zero-order valence-electron chi connectivity index (χ0n) is 12.4. The molecule has 1 amide bonds. The fourth-order valence-corrected chi connectivity index (χ4v) is 1.41. The third kappa shape index (κ3) is 6.03. The highest BCUT2D eigenvalue weighted by molar-refractivity contribution is 5.87. The number of aliphatic carboxylic acids is 1. The maximum absolute atomic E-state index is 11.7. The third-order valence-corrected chi connectivity index (χ3v) is 2.18. The lowest BCUT2D eigenvalue weighted by Crippen LogP contribution is -2.27. The first-order valence-corrected chi connectivity index (χ1v) is 6.24. The second-order valence-corrected chi connectivity index (χ2v) is 5.17. The summed E-state index contributed by atoms with van der Waals surface area (Å²) < 4.78 is 15.3. The van der Waals surface area contributed by atoms with E-state index in [9.17, 15) is 9.59 Å². The van der Waals surface area contributed by atoms with Gasteiger partial charge in [0.1, 0.15) is 17.1 Å². The van der Waals surface area contributed by atoms with Gasteiger partial charge in [-0.25, -0.2) is 9.59 Å². The SMILES string of the molecule is COc1ccc(NC(=O)OC(C)(C)C)c(OCC(=O)O)c1. The Morgan fingerprint density at radius 1 is 1.29 bits per heavy atom. The van der Waals surface area contributed by atoms with Gasteiger partial charge in [-0.15, -0.1) is 0 Å². The zero-order chi connectivity index (χ0) is 16.0. The number of ether oxygens (including phenoxy) is 3. The van der Waals surface area contributed by atoms with Gasteiger partial charge in [-0.2, -0.15) is 0 Å². The summed E-state index contributed by atoms with van der Waals surface area (Å²) in [7, 11) is 1.47. The minimum atomic E-state index is -1.12. The molecule has 0 aliphatic carbocycles. The molecule has 0 spiro atoms. The van der Waals surface area contributed by atoms with Crippen LogP contribution in [-0.2, 0) is 9.53 Å². The van der Waals surface area contributed by atoms with Gasteiger partial charge < -0.3 is 19.3 Å². The summed E-state index contributed by atoms with van der Waals surface area (Å²) in [6.07, 6.45) is -0.659. The molecule has 116 valence electrons. The molecular weight excluding hydrogens is 278 g/mol. The van der Waals surface area contributed by atoms with Crippen LogP contribution in [0, 0.1) is 0 Å². The van der Waals surface area contributed by atoms with Crippen LogP contribution in [0.1, 0.15) is 20.8 Å². The van der Waals surface area contributed by atoms with Crippen LogP contribution in [0.5, 0.6) is 11.5 Å². The summed E-state index contributed by atoms with van der Waals surface area (Å²) in [5.41, 5.74) is -0.343. The normalized spacial score (nSPS) is 10.7. The van der Waals surface area contributed by atoms with Crippen LogP contribution < -0.4 is 14.8 Å². The van der Waals surface area contributed by atoms with E-state index in [0.29, 0.717) is 11.4 Å². The van der Waals surface area contributed by atoms with Crippen LogP contribution >= 0.6 is 0 Å². The summed E-state index contributed by atoms with van der Waals surface area (Å²) in [6.45, 7) is 4.68. The highest BCUT2D eigenvalue weighted by Gasteiger charge is 2.18. The molecule has 0 saturated carbocycles. The van der Waals surface area contributed by atoms with Gasteiger partial charge in [-0.05, 0) is 32.9 Å². The van der Waals surface area contributed by atoms with E-state index >= 15 is 0 Å². The maximum atomic E-state index is 11.7. The van der Waals surface area contributed by atoms with Gasteiger partial charge in [0.2, 0.25) is 0 Å². The molecule has 0 aliphatic heterocycles. The summed E-state index contributed by atoms with van der Waals surface area (Å²) in [5.74, 6) is -0.464. The fourth-order valence-electron chi connectivity index (χ4n) is 1.41. The molecule has 0 bridgehead atoms. The molecule has 0 unspecified atom stereocenters. The number of amides is 1. The zero-order valence-corrected chi connectivity index (χ0v) is 12.4. The second kappa shape index (κ2) is 6.83. The number of nitrogens with one attached hydrogen (secondary N) is 1. The lowest BCUT2D eigenvalue weighted by atomic mass is 10.2. The van der Waals surface area contributed by atoms with Crippen molar-refractivity contribution in [2.24, 2.45) is 0 Å².